The van der Waals surface area contributed by atoms with Crippen LogP contribution < -0.4 is 9.64 Å². The summed E-state index contributed by atoms with van der Waals surface area (Å²) < 4.78 is 27.3. The minimum atomic E-state index is -1.47. The van der Waals surface area contributed by atoms with Crippen LogP contribution in [0.1, 0.15) is 51.6 Å². The first-order valence-corrected chi connectivity index (χ1v) is 10.2. The van der Waals surface area contributed by atoms with E-state index in [0.717, 1.165) is 48.1 Å². The third-order valence-corrected chi connectivity index (χ3v) is 5.51. The normalized spacial score (nSPS) is 19.1. The van der Waals surface area contributed by atoms with E-state index in [2.05, 4.69) is 5.10 Å². The number of rotatable bonds is 5. The number of carbonyl (C=O) groups is 1. The fourth-order valence-corrected chi connectivity index (χ4v) is 3.83. The van der Waals surface area contributed by atoms with E-state index in [1.807, 2.05) is 36.1 Å². The number of nitrogens with zero attached hydrogens (tertiary/aromatic N) is 3. The van der Waals surface area contributed by atoms with Crippen molar-refractivity contribution in [3.05, 3.63) is 30.1 Å². The van der Waals surface area contributed by atoms with Gasteiger partial charge in [-0.05, 0) is 58.6 Å². The first-order chi connectivity index (χ1) is 13.8. The number of ether oxygens (including phenoxy) is 2. The molecule has 156 valence electrons. The first kappa shape index (κ1) is 19.7. The summed E-state index contributed by atoms with van der Waals surface area (Å²) in [5, 5.41) is 4.49. The van der Waals surface area contributed by atoms with E-state index in [1.54, 1.807) is 4.90 Å². The minimum absolute atomic E-state index is 0.0175. The molecule has 0 radical (unpaired) electrons. The fourth-order valence-electron chi connectivity index (χ4n) is 3.83. The molecular weight excluding hydrogens is 373 g/mol. The average Bonchev–Trinajstić information content (AvgIpc) is 3.41. The summed E-state index contributed by atoms with van der Waals surface area (Å²) in [6, 6.07) is 4.36. The predicted molar refractivity (Wildman–Crippen MR) is 109 cm³/mol. The molecule has 7 heteroatoms. The van der Waals surface area contributed by atoms with Crippen LogP contribution in [-0.4, -0.2) is 41.3 Å². The van der Waals surface area contributed by atoms with Crippen LogP contribution in [0, 0.1) is 0 Å². The summed E-state index contributed by atoms with van der Waals surface area (Å²) >= 11 is 0. The van der Waals surface area contributed by atoms with Gasteiger partial charge in [0.05, 0.1) is 25.0 Å². The number of aromatic nitrogens is 2. The van der Waals surface area contributed by atoms with E-state index in [0.29, 0.717) is 11.8 Å². The van der Waals surface area contributed by atoms with Gasteiger partial charge >= 0.3 is 6.09 Å². The summed E-state index contributed by atoms with van der Waals surface area (Å²) in [5.74, 6) is 0.629. The van der Waals surface area contributed by atoms with Crippen molar-refractivity contribution >= 4 is 11.8 Å². The van der Waals surface area contributed by atoms with Crippen LogP contribution in [0.4, 0.5) is 14.9 Å². The highest BCUT2D eigenvalue weighted by atomic mass is 19.1. The van der Waals surface area contributed by atoms with E-state index in [1.165, 1.54) is 21.0 Å². The summed E-state index contributed by atoms with van der Waals surface area (Å²) in [7, 11) is 1.38. The van der Waals surface area contributed by atoms with Crippen LogP contribution in [0.2, 0.25) is 0 Å². The van der Waals surface area contributed by atoms with Gasteiger partial charge in [0.1, 0.15) is 18.0 Å². The van der Waals surface area contributed by atoms with Crippen molar-refractivity contribution in [3.8, 4) is 16.9 Å². The maximum atomic E-state index is 14.3. The molecule has 0 spiro atoms. The molecule has 0 N–H and O–H groups in total. The van der Waals surface area contributed by atoms with Crippen molar-refractivity contribution in [1.82, 2.24) is 9.78 Å². The molecular formula is C22H28FN3O3. The highest BCUT2D eigenvalue weighted by molar-refractivity contribution is 5.92. The number of methoxy groups -OCH3 is 1. The van der Waals surface area contributed by atoms with Crippen LogP contribution in [0.3, 0.4) is 0 Å². The van der Waals surface area contributed by atoms with Crippen LogP contribution in [0.5, 0.6) is 5.75 Å². The van der Waals surface area contributed by atoms with E-state index in [9.17, 15) is 9.18 Å². The number of hydrogen-bond donors (Lipinski definition) is 0. The maximum absolute atomic E-state index is 14.3. The van der Waals surface area contributed by atoms with Gasteiger partial charge in [-0.15, -0.1) is 0 Å². The Morgan fingerprint density at radius 1 is 1.31 bits per heavy atom. The number of halogens is 1. The van der Waals surface area contributed by atoms with Crippen molar-refractivity contribution in [2.75, 3.05) is 18.6 Å². The third-order valence-electron chi connectivity index (χ3n) is 5.51. The van der Waals surface area contributed by atoms with Crippen molar-refractivity contribution in [2.45, 2.75) is 64.2 Å². The molecule has 1 amide bonds. The molecule has 29 heavy (non-hydrogen) atoms. The van der Waals surface area contributed by atoms with Gasteiger partial charge < -0.3 is 9.47 Å². The number of amides is 1. The smallest absolute Gasteiger partial charge is 0.414 e. The van der Waals surface area contributed by atoms with Gasteiger partial charge in [0, 0.05) is 28.9 Å². The van der Waals surface area contributed by atoms with Crippen LogP contribution in [0.25, 0.3) is 11.1 Å². The zero-order valence-electron chi connectivity index (χ0n) is 17.4. The number of anilines is 1. The van der Waals surface area contributed by atoms with E-state index >= 15 is 0 Å². The van der Waals surface area contributed by atoms with Crippen molar-refractivity contribution < 1.29 is 18.7 Å². The molecule has 6 nitrogen and oxygen atoms in total. The molecule has 0 bridgehead atoms. The molecule has 2 aliphatic rings. The lowest BCUT2D eigenvalue weighted by atomic mass is 9.92. The molecule has 1 fully saturated rings. The van der Waals surface area contributed by atoms with Crippen LogP contribution in [-0.2, 0) is 11.2 Å². The number of carbonyl (C=O) groups excluding carboxylic acids is 1. The quantitative estimate of drug-likeness (QED) is 0.714. The molecule has 1 aromatic heterocycles. The summed E-state index contributed by atoms with van der Waals surface area (Å²) in [6.45, 7) is 4.92. The molecule has 0 saturated heterocycles. The van der Waals surface area contributed by atoms with Gasteiger partial charge in [0.2, 0.25) is 0 Å². The molecule has 1 aliphatic heterocycles. The van der Waals surface area contributed by atoms with Crippen molar-refractivity contribution in [3.63, 3.8) is 0 Å². The zero-order valence-corrected chi connectivity index (χ0v) is 17.4. The summed E-state index contributed by atoms with van der Waals surface area (Å²) in [4.78, 5) is 14.1. The number of alkyl halides is 1. The third kappa shape index (κ3) is 3.95. The first-order valence-electron chi connectivity index (χ1n) is 10.2. The SMILES string of the molecule is COC(=O)N1c2ccc(-c3cnn(C4CC4)c3)c(OCC(C)(C)F)c2CCC1C. The van der Waals surface area contributed by atoms with Crippen molar-refractivity contribution in [2.24, 2.45) is 0 Å². The Balaban J connectivity index is 1.79. The van der Waals surface area contributed by atoms with Gasteiger partial charge in [-0.25, -0.2) is 9.18 Å². The Labute approximate surface area is 170 Å². The maximum Gasteiger partial charge on any atom is 0.414 e. The lowest BCUT2D eigenvalue weighted by Gasteiger charge is -2.35. The van der Waals surface area contributed by atoms with Gasteiger partial charge in [-0.3, -0.25) is 9.58 Å². The molecule has 2 aromatic rings. The number of fused-ring (bicyclic) bond motifs is 1. The number of benzene rings is 1. The lowest BCUT2D eigenvalue weighted by Crippen LogP contribution is -2.42. The van der Waals surface area contributed by atoms with Gasteiger partial charge in [-0.2, -0.15) is 5.10 Å². The van der Waals surface area contributed by atoms with Crippen LogP contribution >= 0.6 is 0 Å². The second-order valence-corrected chi connectivity index (χ2v) is 8.62. The van der Waals surface area contributed by atoms with E-state index in [-0.39, 0.29) is 12.6 Å². The minimum Gasteiger partial charge on any atom is -0.489 e. The molecule has 1 aliphatic carbocycles. The molecule has 4 rings (SSSR count). The standard InChI is InChI=1S/C22H28FN3O3/c1-14-5-8-18-19(26(14)21(27)28-4)10-9-17(20(18)29-13-22(2,3)23)15-11-24-25(12-15)16-6-7-16/h9-12,14,16H,5-8,13H2,1-4H3. The molecule has 2 heterocycles. The van der Waals surface area contributed by atoms with Gasteiger partial charge in [0.15, 0.2) is 0 Å². The highest BCUT2D eigenvalue weighted by Gasteiger charge is 2.33. The lowest BCUT2D eigenvalue weighted by molar-refractivity contribution is 0.120. The second-order valence-electron chi connectivity index (χ2n) is 8.62. The summed E-state index contributed by atoms with van der Waals surface area (Å²) in [5.41, 5.74) is 2.02. The molecule has 1 aromatic carbocycles. The largest absolute Gasteiger partial charge is 0.489 e. The monoisotopic (exact) mass is 401 g/mol. The Morgan fingerprint density at radius 2 is 2.07 bits per heavy atom. The topological polar surface area (TPSA) is 56.6 Å². The Morgan fingerprint density at radius 3 is 2.72 bits per heavy atom. The van der Waals surface area contributed by atoms with E-state index < -0.39 is 11.8 Å². The highest BCUT2D eigenvalue weighted by Crippen LogP contribution is 2.44. The van der Waals surface area contributed by atoms with Gasteiger partial charge in [-0.1, -0.05) is 0 Å². The Kier molecular flexibility index (Phi) is 5.00. The van der Waals surface area contributed by atoms with Crippen LogP contribution in [0.15, 0.2) is 24.5 Å². The average molecular weight is 401 g/mol. The Bertz CT molecular complexity index is 915. The number of hydrogen-bond acceptors (Lipinski definition) is 4. The Hall–Kier alpha value is -2.57. The summed E-state index contributed by atoms with van der Waals surface area (Å²) in [6.07, 6.45) is 7.28. The fraction of sp³-hybridized carbons (Fsp3) is 0.545. The predicted octanol–water partition coefficient (Wildman–Crippen LogP) is 4.92. The molecule has 1 unspecified atom stereocenters. The molecule has 1 saturated carbocycles. The van der Waals surface area contributed by atoms with Gasteiger partial charge in [0.25, 0.3) is 0 Å². The second kappa shape index (κ2) is 7.35. The van der Waals surface area contributed by atoms with Crippen molar-refractivity contribution in [1.29, 1.82) is 0 Å². The van der Waals surface area contributed by atoms with E-state index in [4.69, 9.17) is 9.47 Å². The zero-order chi connectivity index (χ0) is 20.8. The molecule has 1 atom stereocenters.